The van der Waals surface area contributed by atoms with E-state index < -0.39 is 5.25 Å². The maximum Gasteiger partial charge on any atom is 0.239 e. The van der Waals surface area contributed by atoms with Gasteiger partial charge in [-0.2, -0.15) is 5.26 Å². The quantitative estimate of drug-likeness (QED) is 0.162. The fourth-order valence-corrected chi connectivity index (χ4v) is 6.01. The van der Waals surface area contributed by atoms with E-state index in [2.05, 4.69) is 16.4 Å². The monoisotopic (exact) mass is 608 g/mol. The van der Waals surface area contributed by atoms with Crippen LogP contribution in [0.25, 0.3) is 33.6 Å². The fourth-order valence-electron chi connectivity index (χ4n) is 4.36. The highest BCUT2D eigenvalue weighted by molar-refractivity contribution is 8.00. The zero-order valence-electron chi connectivity index (χ0n) is 24.0. The van der Waals surface area contributed by atoms with Crippen molar-refractivity contribution in [3.63, 3.8) is 0 Å². The number of thioether (sulfide) groups is 1. The Morgan fingerprint density at radius 1 is 0.860 bits per heavy atom. The van der Waals surface area contributed by atoms with Crippen LogP contribution >= 0.6 is 23.1 Å². The minimum Gasteiger partial charge on any atom is -0.497 e. The Morgan fingerprint density at radius 3 is 2.26 bits per heavy atom. The highest BCUT2D eigenvalue weighted by Gasteiger charge is 2.22. The van der Waals surface area contributed by atoms with Crippen LogP contribution in [0.5, 0.6) is 17.2 Å². The zero-order chi connectivity index (χ0) is 30.3. The Morgan fingerprint density at radius 2 is 1.58 bits per heavy atom. The first-order chi connectivity index (χ1) is 20.9. The predicted molar refractivity (Wildman–Crippen MR) is 171 cm³/mol. The number of pyridine rings is 1. The third-order valence-corrected chi connectivity index (χ3v) is 8.48. The number of hydrogen-bond acceptors (Lipinski definition) is 9. The van der Waals surface area contributed by atoms with Gasteiger partial charge in [-0.1, -0.05) is 54.2 Å². The number of nitriles is 1. The molecule has 0 saturated carbocycles. The van der Waals surface area contributed by atoms with Gasteiger partial charge in [0.05, 0.1) is 43.5 Å². The topological polar surface area (TPSA) is 106 Å². The van der Waals surface area contributed by atoms with E-state index in [0.717, 1.165) is 28.0 Å². The summed E-state index contributed by atoms with van der Waals surface area (Å²) in [6.07, 6.45) is 0. The summed E-state index contributed by atoms with van der Waals surface area (Å²) in [6.45, 7) is 1.79. The van der Waals surface area contributed by atoms with Crippen molar-refractivity contribution in [2.75, 3.05) is 26.6 Å². The average molecular weight is 609 g/mol. The summed E-state index contributed by atoms with van der Waals surface area (Å²) >= 11 is 2.56. The highest BCUT2D eigenvalue weighted by atomic mass is 32.2. The highest BCUT2D eigenvalue weighted by Crippen LogP contribution is 2.37. The summed E-state index contributed by atoms with van der Waals surface area (Å²) < 4.78 is 16.0. The molecule has 1 unspecified atom stereocenters. The van der Waals surface area contributed by atoms with Crippen molar-refractivity contribution in [1.29, 1.82) is 5.26 Å². The van der Waals surface area contributed by atoms with E-state index in [4.69, 9.17) is 19.2 Å². The molecular weight excluding hydrogens is 581 g/mol. The van der Waals surface area contributed by atoms with Crippen LogP contribution in [0, 0.1) is 11.3 Å². The van der Waals surface area contributed by atoms with Gasteiger partial charge in [0.15, 0.2) is 16.6 Å². The average Bonchev–Trinajstić information content (AvgIpc) is 3.52. The van der Waals surface area contributed by atoms with Crippen LogP contribution in [-0.4, -0.2) is 42.5 Å². The summed E-state index contributed by atoms with van der Waals surface area (Å²) in [5.41, 5.74) is 5.14. The molecule has 10 heteroatoms. The number of rotatable bonds is 10. The molecule has 0 radical (unpaired) electrons. The Labute approximate surface area is 258 Å². The maximum absolute atomic E-state index is 13.3. The van der Waals surface area contributed by atoms with E-state index in [0.29, 0.717) is 38.6 Å². The smallest absolute Gasteiger partial charge is 0.239 e. The zero-order valence-corrected chi connectivity index (χ0v) is 25.6. The van der Waals surface area contributed by atoms with E-state index in [1.54, 1.807) is 28.3 Å². The van der Waals surface area contributed by atoms with E-state index >= 15 is 0 Å². The number of hydrogen-bond donors (Lipinski definition) is 1. The Bertz CT molecular complexity index is 1780. The Hall–Kier alpha value is -4.85. The van der Waals surface area contributed by atoms with Crippen LogP contribution in [0.15, 0.2) is 89.3 Å². The third kappa shape index (κ3) is 6.64. The predicted octanol–water partition coefficient (Wildman–Crippen LogP) is 7.56. The lowest BCUT2D eigenvalue weighted by atomic mass is 9.99. The number of carbonyl (C=O) groups excluding carboxylic acids is 1. The summed E-state index contributed by atoms with van der Waals surface area (Å²) in [6, 6.07) is 27.1. The van der Waals surface area contributed by atoms with Crippen LogP contribution < -0.4 is 19.5 Å². The molecule has 0 aliphatic heterocycles. The first-order valence-corrected chi connectivity index (χ1v) is 15.0. The van der Waals surface area contributed by atoms with Gasteiger partial charge < -0.3 is 19.5 Å². The molecule has 216 valence electrons. The number of benzene rings is 3. The van der Waals surface area contributed by atoms with Gasteiger partial charge in [-0.05, 0) is 48.9 Å². The molecular formula is C33H28N4O4S2. The van der Waals surface area contributed by atoms with E-state index in [-0.39, 0.29) is 5.91 Å². The van der Waals surface area contributed by atoms with Crippen molar-refractivity contribution >= 4 is 34.1 Å². The van der Waals surface area contributed by atoms with E-state index in [1.807, 2.05) is 84.2 Å². The van der Waals surface area contributed by atoms with Crippen molar-refractivity contribution in [2.45, 2.75) is 17.2 Å². The summed E-state index contributed by atoms with van der Waals surface area (Å²) in [4.78, 5) is 22.7. The second-order valence-electron chi connectivity index (χ2n) is 9.30. The first-order valence-electron chi connectivity index (χ1n) is 13.2. The number of anilines is 1. The van der Waals surface area contributed by atoms with Gasteiger partial charge in [0.2, 0.25) is 5.91 Å². The van der Waals surface area contributed by atoms with Crippen molar-refractivity contribution in [2.24, 2.45) is 0 Å². The molecule has 0 fully saturated rings. The molecule has 0 spiro atoms. The van der Waals surface area contributed by atoms with Crippen LogP contribution in [-0.2, 0) is 4.79 Å². The lowest BCUT2D eigenvalue weighted by Crippen LogP contribution is -2.22. The molecule has 5 rings (SSSR count). The van der Waals surface area contributed by atoms with Gasteiger partial charge in [-0.15, -0.1) is 11.3 Å². The van der Waals surface area contributed by atoms with E-state index in [1.165, 1.54) is 23.1 Å². The molecule has 2 heterocycles. The van der Waals surface area contributed by atoms with Crippen molar-refractivity contribution in [3.8, 4) is 57.0 Å². The standard InChI is InChI=1S/C33H28N4O4S2/c1-20(31(38)37-33-36-28(19-42-33)23-12-15-29(40-3)30(16-23)41-4)43-32-26(18-34)25(21-10-13-24(39-2)14-11-21)17-27(35-32)22-8-6-5-7-9-22/h5-17,19-20H,1-4H3,(H,36,37,38). The number of nitrogens with zero attached hydrogens (tertiary/aromatic N) is 3. The van der Waals surface area contributed by atoms with Gasteiger partial charge in [-0.3, -0.25) is 4.79 Å². The lowest BCUT2D eigenvalue weighted by molar-refractivity contribution is -0.115. The lowest BCUT2D eigenvalue weighted by Gasteiger charge is -2.15. The minimum absolute atomic E-state index is 0.250. The van der Waals surface area contributed by atoms with Gasteiger partial charge in [0.25, 0.3) is 0 Å². The van der Waals surface area contributed by atoms with Crippen LogP contribution in [0.2, 0.25) is 0 Å². The Balaban J connectivity index is 1.41. The molecule has 1 amide bonds. The molecule has 0 saturated heterocycles. The van der Waals surface area contributed by atoms with Crippen molar-refractivity contribution in [3.05, 3.63) is 89.8 Å². The second kappa shape index (κ2) is 13.4. The number of methoxy groups -OCH3 is 3. The number of amides is 1. The third-order valence-electron chi connectivity index (χ3n) is 6.64. The summed E-state index contributed by atoms with van der Waals surface area (Å²) in [5.74, 6) is 1.69. The maximum atomic E-state index is 13.3. The molecule has 0 bridgehead atoms. The van der Waals surface area contributed by atoms with E-state index in [9.17, 15) is 10.1 Å². The molecule has 2 aromatic heterocycles. The number of nitrogens with one attached hydrogen (secondary N) is 1. The van der Waals surface area contributed by atoms with Crippen LogP contribution in [0.4, 0.5) is 5.13 Å². The summed E-state index contributed by atoms with van der Waals surface area (Å²) in [5, 5.41) is 15.4. The van der Waals surface area contributed by atoms with Crippen LogP contribution in [0.3, 0.4) is 0 Å². The number of carbonyl (C=O) groups is 1. The number of aromatic nitrogens is 2. The SMILES string of the molecule is COc1ccc(-c2cc(-c3ccccc3)nc(SC(C)C(=O)Nc3nc(-c4ccc(OC)c(OC)c4)cs3)c2C#N)cc1. The molecule has 1 N–H and O–H groups in total. The molecule has 1 atom stereocenters. The number of thiazole rings is 1. The molecule has 8 nitrogen and oxygen atoms in total. The van der Waals surface area contributed by atoms with Crippen molar-refractivity contribution < 1.29 is 19.0 Å². The second-order valence-corrected chi connectivity index (χ2v) is 11.5. The van der Waals surface area contributed by atoms with Gasteiger partial charge in [-0.25, -0.2) is 9.97 Å². The molecule has 3 aromatic carbocycles. The normalized spacial score (nSPS) is 11.3. The molecule has 43 heavy (non-hydrogen) atoms. The van der Waals surface area contributed by atoms with Crippen molar-refractivity contribution in [1.82, 2.24) is 9.97 Å². The van der Waals surface area contributed by atoms with Crippen LogP contribution in [0.1, 0.15) is 12.5 Å². The first kappa shape index (κ1) is 29.6. The molecule has 0 aliphatic rings. The number of ether oxygens (including phenoxy) is 3. The summed E-state index contributed by atoms with van der Waals surface area (Å²) in [7, 11) is 4.77. The van der Waals surface area contributed by atoms with Gasteiger partial charge >= 0.3 is 0 Å². The fraction of sp³-hybridized carbons (Fsp3) is 0.152. The van der Waals surface area contributed by atoms with Gasteiger partial charge in [0.1, 0.15) is 16.8 Å². The molecule has 5 aromatic rings. The molecule has 0 aliphatic carbocycles. The largest absolute Gasteiger partial charge is 0.497 e. The minimum atomic E-state index is -0.567. The van der Waals surface area contributed by atoms with Gasteiger partial charge in [0, 0.05) is 22.1 Å². The Kier molecular flexibility index (Phi) is 9.25.